The molecular weight excluding hydrogens is 294 g/mol. The molecule has 116 valence electrons. The van der Waals surface area contributed by atoms with E-state index < -0.39 is 0 Å². The molecule has 0 aliphatic carbocycles. The van der Waals surface area contributed by atoms with E-state index in [-0.39, 0.29) is 12.3 Å². The van der Waals surface area contributed by atoms with Gasteiger partial charge in [-0.3, -0.25) is 9.69 Å². The standard InChI is InChI=1S/C15H15N7O/c23-14(20-8-4-9-22-15(20)16-18-19-22)11-12-7-10-21(17-12)13-5-2-1-3-6-13/h1-3,5-7,10H,4,8-9,11H2. The van der Waals surface area contributed by atoms with Crippen LogP contribution in [0.1, 0.15) is 12.1 Å². The van der Waals surface area contributed by atoms with Crippen LogP contribution in [0, 0.1) is 0 Å². The van der Waals surface area contributed by atoms with Gasteiger partial charge in [-0.2, -0.15) is 5.10 Å². The third-order valence-corrected chi connectivity index (χ3v) is 3.80. The fourth-order valence-corrected chi connectivity index (χ4v) is 2.68. The molecule has 0 bridgehead atoms. The van der Waals surface area contributed by atoms with Crippen LogP contribution in [0.25, 0.3) is 5.69 Å². The van der Waals surface area contributed by atoms with Crippen molar-refractivity contribution >= 4 is 11.9 Å². The van der Waals surface area contributed by atoms with Crippen LogP contribution in [0.4, 0.5) is 5.95 Å². The Bertz CT molecular complexity index is 823. The lowest BCUT2D eigenvalue weighted by Crippen LogP contribution is -2.39. The molecule has 3 aromatic rings. The number of aromatic nitrogens is 6. The number of amides is 1. The van der Waals surface area contributed by atoms with Gasteiger partial charge >= 0.3 is 0 Å². The molecule has 0 saturated carbocycles. The second-order valence-corrected chi connectivity index (χ2v) is 5.36. The lowest BCUT2D eigenvalue weighted by Gasteiger charge is -2.24. The Morgan fingerprint density at radius 3 is 2.87 bits per heavy atom. The maximum Gasteiger partial charge on any atom is 0.252 e. The Morgan fingerprint density at radius 2 is 2.00 bits per heavy atom. The van der Waals surface area contributed by atoms with E-state index in [1.165, 1.54) is 0 Å². The predicted molar refractivity (Wildman–Crippen MR) is 82.1 cm³/mol. The normalized spacial score (nSPS) is 13.8. The van der Waals surface area contributed by atoms with Gasteiger partial charge in [0.25, 0.3) is 5.95 Å². The van der Waals surface area contributed by atoms with Crippen LogP contribution in [-0.2, 0) is 17.8 Å². The van der Waals surface area contributed by atoms with Crippen molar-refractivity contribution in [1.82, 2.24) is 30.0 Å². The zero-order valence-electron chi connectivity index (χ0n) is 12.4. The van der Waals surface area contributed by atoms with Gasteiger partial charge in [-0.25, -0.2) is 9.36 Å². The number of carbonyl (C=O) groups is 1. The van der Waals surface area contributed by atoms with Crippen molar-refractivity contribution in [3.63, 3.8) is 0 Å². The number of aryl methyl sites for hydroxylation is 1. The third kappa shape index (κ3) is 2.59. The number of rotatable bonds is 3. The van der Waals surface area contributed by atoms with Gasteiger partial charge in [0.2, 0.25) is 5.91 Å². The van der Waals surface area contributed by atoms with Crippen molar-refractivity contribution in [3.8, 4) is 5.69 Å². The van der Waals surface area contributed by atoms with Gasteiger partial charge in [0.15, 0.2) is 0 Å². The van der Waals surface area contributed by atoms with E-state index >= 15 is 0 Å². The van der Waals surface area contributed by atoms with Crippen molar-refractivity contribution in [3.05, 3.63) is 48.3 Å². The summed E-state index contributed by atoms with van der Waals surface area (Å²) in [5.74, 6) is 0.475. The van der Waals surface area contributed by atoms with Crippen LogP contribution in [0.15, 0.2) is 42.6 Å². The molecule has 2 aromatic heterocycles. The van der Waals surface area contributed by atoms with E-state index in [2.05, 4.69) is 20.6 Å². The number of hydrogen-bond acceptors (Lipinski definition) is 5. The molecule has 0 fully saturated rings. The molecule has 1 aliphatic heterocycles. The molecule has 0 unspecified atom stereocenters. The molecule has 8 heteroatoms. The fraction of sp³-hybridized carbons (Fsp3) is 0.267. The van der Waals surface area contributed by atoms with E-state index in [1.807, 2.05) is 42.6 Å². The quantitative estimate of drug-likeness (QED) is 0.716. The summed E-state index contributed by atoms with van der Waals surface area (Å²) in [6.07, 6.45) is 2.94. The van der Waals surface area contributed by atoms with Gasteiger partial charge in [0.1, 0.15) is 0 Å². The minimum atomic E-state index is -0.0425. The second-order valence-electron chi connectivity index (χ2n) is 5.36. The molecule has 0 N–H and O–H groups in total. The highest BCUT2D eigenvalue weighted by Gasteiger charge is 2.25. The van der Waals surface area contributed by atoms with Gasteiger partial charge in [-0.05, 0) is 35.0 Å². The molecular formula is C15H15N7O. The topological polar surface area (TPSA) is 81.7 Å². The molecule has 0 atom stereocenters. The van der Waals surface area contributed by atoms with Gasteiger partial charge < -0.3 is 0 Å². The first-order valence-corrected chi connectivity index (χ1v) is 7.48. The van der Waals surface area contributed by atoms with Crippen LogP contribution in [0.2, 0.25) is 0 Å². The molecule has 8 nitrogen and oxygen atoms in total. The Hall–Kier alpha value is -3.03. The molecule has 3 heterocycles. The number of hydrogen-bond donors (Lipinski definition) is 0. The van der Waals surface area contributed by atoms with E-state index in [4.69, 9.17) is 0 Å². The Labute approximate surface area is 132 Å². The first-order chi connectivity index (χ1) is 11.3. The molecule has 4 rings (SSSR count). The molecule has 0 saturated heterocycles. The molecule has 1 amide bonds. The van der Waals surface area contributed by atoms with Crippen LogP contribution < -0.4 is 4.90 Å². The lowest BCUT2D eigenvalue weighted by molar-refractivity contribution is -0.118. The second kappa shape index (κ2) is 5.64. The Morgan fingerprint density at radius 1 is 1.13 bits per heavy atom. The van der Waals surface area contributed by atoms with Crippen molar-refractivity contribution in [2.24, 2.45) is 0 Å². The minimum Gasteiger partial charge on any atom is -0.279 e. The molecule has 1 aromatic carbocycles. The van der Waals surface area contributed by atoms with Crippen LogP contribution in [-0.4, -0.2) is 42.4 Å². The molecule has 0 radical (unpaired) electrons. The first-order valence-electron chi connectivity index (χ1n) is 7.48. The zero-order valence-corrected chi connectivity index (χ0v) is 12.4. The van der Waals surface area contributed by atoms with Crippen LogP contribution in [0.5, 0.6) is 0 Å². The predicted octanol–water partition coefficient (Wildman–Crippen LogP) is 0.838. The minimum absolute atomic E-state index is 0.0425. The Kier molecular flexibility index (Phi) is 3.34. The number of fused-ring (bicyclic) bond motifs is 1. The lowest BCUT2D eigenvalue weighted by atomic mass is 10.2. The van der Waals surface area contributed by atoms with Gasteiger partial charge in [-0.15, -0.1) is 0 Å². The Balaban J connectivity index is 1.51. The fourth-order valence-electron chi connectivity index (χ4n) is 2.68. The summed E-state index contributed by atoms with van der Waals surface area (Å²) in [6, 6.07) is 11.7. The first kappa shape index (κ1) is 13.6. The zero-order chi connectivity index (χ0) is 15.6. The number of nitrogens with zero attached hydrogens (tertiary/aromatic N) is 7. The highest BCUT2D eigenvalue weighted by atomic mass is 16.2. The number of para-hydroxylation sites is 1. The SMILES string of the molecule is O=C(Cc1ccn(-c2ccccc2)n1)N1CCCn2nnnc21. The number of anilines is 1. The van der Waals surface area contributed by atoms with E-state index in [1.54, 1.807) is 14.3 Å². The van der Waals surface area contributed by atoms with Crippen molar-refractivity contribution in [2.45, 2.75) is 19.4 Å². The van der Waals surface area contributed by atoms with Crippen molar-refractivity contribution < 1.29 is 4.79 Å². The monoisotopic (exact) mass is 309 g/mol. The number of carbonyl (C=O) groups excluding carboxylic acids is 1. The summed E-state index contributed by atoms with van der Waals surface area (Å²) in [7, 11) is 0. The summed E-state index contributed by atoms with van der Waals surface area (Å²) < 4.78 is 3.42. The smallest absolute Gasteiger partial charge is 0.252 e. The average molecular weight is 309 g/mol. The van der Waals surface area contributed by atoms with E-state index in [0.717, 1.165) is 24.3 Å². The molecule has 0 spiro atoms. The van der Waals surface area contributed by atoms with Gasteiger partial charge in [-0.1, -0.05) is 23.3 Å². The molecule has 1 aliphatic rings. The summed E-state index contributed by atoms with van der Waals surface area (Å²) in [4.78, 5) is 14.2. The highest BCUT2D eigenvalue weighted by molar-refractivity contribution is 5.93. The largest absolute Gasteiger partial charge is 0.279 e. The van der Waals surface area contributed by atoms with Crippen LogP contribution >= 0.6 is 0 Å². The summed E-state index contributed by atoms with van der Waals surface area (Å²) in [5.41, 5.74) is 1.69. The maximum atomic E-state index is 12.5. The highest BCUT2D eigenvalue weighted by Crippen LogP contribution is 2.17. The summed E-state index contributed by atoms with van der Waals surface area (Å²) in [5, 5.41) is 15.9. The summed E-state index contributed by atoms with van der Waals surface area (Å²) in [6.45, 7) is 1.38. The number of tetrazole rings is 1. The number of benzene rings is 1. The molecule has 23 heavy (non-hydrogen) atoms. The van der Waals surface area contributed by atoms with Gasteiger partial charge in [0.05, 0.1) is 17.8 Å². The van der Waals surface area contributed by atoms with Crippen LogP contribution in [0.3, 0.4) is 0 Å². The average Bonchev–Trinajstić information content (AvgIpc) is 3.24. The van der Waals surface area contributed by atoms with Crippen molar-refractivity contribution in [1.29, 1.82) is 0 Å². The van der Waals surface area contributed by atoms with E-state index in [9.17, 15) is 4.79 Å². The summed E-state index contributed by atoms with van der Waals surface area (Å²) >= 11 is 0. The van der Waals surface area contributed by atoms with Gasteiger partial charge in [0, 0.05) is 19.3 Å². The third-order valence-electron chi connectivity index (χ3n) is 3.80. The van der Waals surface area contributed by atoms with E-state index in [0.29, 0.717) is 12.5 Å². The van der Waals surface area contributed by atoms with Crippen molar-refractivity contribution in [2.75, 3.05) is 11.4 Å². The maximum absolute atomic E-state index is 12.5.